The summed E-state index contributed by atoms with van der Waals surface area (Å²) in [5.41, 5.74) is 1.06. The zero-order valence-electron chi connectivity index (χ0n) is 15.3. The summed E-state index contributed by atoms with van der Waals surface area (Å²) in [6, 6.07) is 4.45. The molecule has 2 aliphatic carbocycles. The van der Waals surface area contributed by atoms with E-state index in [9.17, 15) is 4.79 Å². The summed E-state index contributed by atoms with van der Waals surface area (Å²) in [6.45, 7) is 4.05. The first-order valence-corrected chi connectivity index (χ1v) is 10.2. The molecule has 142 valence electrons. The van der Waals surface area contributed by atoms with Gasteiger partial charge < -0.3 is 4.90 Å². The maximum Gasteiger partial charge on any atom is 0.225 e. The first-order chi connectivity index (χ1) is 13.2. The maximum absolute atomic E-state index is 12.2. The quantitative estimate of drug-likeness (QED) is 0.741. The van der Waals surface area contributed by atoms with Crippen molar-refractivity contribution in [1.29, 1.82) is 0 Å². The highest BCUT2D eigenvalue weighted by molar-refractivity contribution is 7.71. The molecule has 3 aliphatic rings. The molecule has 2 aromatic rings. The Labute approximate surface area is 163 Å². The van der Waals surface area contributed by atoms with Gasteiger partial charge in [0.2, 0.25) is 5.91 Å². The summed E-state index contributed by atoms with van der Waals surface area (Å²) in [6.07, 6.45) is 8.07. The first kappa shape index (κ1) is 17.1. The average Bonchev–Trinajstić information content (AvgIpc) is 3.62. The molecule has 0 spiro atoms. The van der Waals surface area contributed by atoms with Gasteiger partial charge in [0, 0.05) is 56.1 Å². The summed E-state index contributed by atoms with van der Waals surface area (Å²) < 4.78 is 4.94. The number of nitrogens with zero attached hydrogens (tertiary/aromatic N) is 6. The van der Waals surface area contributed by atoms with E-state index >= 15 is 0 Å². The van der Waals surface area contributed by atoms with E-state index in [0.29, 0.717) is 24.5 Å². The van der Waals surface area contributed by atoms with E-state index in [0.717, 1.165) is 55.2 Å². The van der Waals surface area contributed by atoms with Crippen LogP contribution in [-0.4, -0.2) is 61.2 Å². The normalized spacial score (nSPS) is 20.8. The molecule has 0 aromatic carbocycles. The van der Waals surface area contributed by atoms with E-state index in [1.54, 1.807) is 12.4 Å². The highest BCUT2D eigenvalue weighted by Crippen LogP contribution is 2.38. The van der Waals surface area contributed by atoms with Crippen LogP contribution in [0, 0.1) is 10.7 Å². The summed E-state index contributed by atoms with van der Waals surface area (Å²) in [7, 11) is 0. The van der Waals surface area contributed by atoms with E-state index < -0.39 is 0 Å². The van der Waals surface area contributed by atoms with Crippen molar-refractivity contribution in [2.75, 3.05) is 26.2 Å². The molecule has 0 atom stereocenters. The van der Waals surface area contributed by atoms with Crippen molar-refractivity contribution in [3.63, 3.8) is 0 Å². The molecule has 1 aliphatic heterocycles. The number of hydrogen-bond acceptors (Lipinski definition) is 5. The van der Waals surface area contributed by atoms with Gasteiger partial charge in [-0.1, -0.05) is 0 Å². The van der Waals surface area contributed by atoms with Gasteiger partial charge in [-0.3, -0.25) is 19.2 Å². The van der Waals surface area contributed by atoms with Crippen molar-refractivity contribution in [2.45, 2.75) is 38.4 Å². The number of pyridine rings is 1. The summed E-state index contributed by atoms with van der Waals surface area (Å²) in [5, 5.41) is 4.85. The van der Waals surface area contributed by atoms with Gasteiger partial charge in [-0.25, -0.2) is 4.68 Å². The van der Waals surface area contributed by atoms with Crippen LogP contribution in [0.2, 0.25) is 0 Å². The molecule has 2 aromatic heterocycles. The predicted molar refractivity (Wildman–Crippen MR) is 103 cm³/mol. The van der Waals surface area contributed by atoms with Gasteiger partial charge in [-0.15, -0.1) is 0 Å². The van der Waals surface area contributed by atoms with Gasteiger partial charge in [0.15, 0.2) is 10.6 Å². The van der Waals surface area contributed by atoms with Crippen LogP contribution in [0.5, 0.6) is 0 Å². The van der Waals surface area contributed by atoms with Crippen LogP contribution in [0.15, 0.2) is 24.5 Å². The number of rotatable bonds is 5. The lowest BCUT2D eigenvalue weighted by molar-refractivity contribution is -0.134. The minimum Gasteiger partial charge on any atom is -0.340 e. The summed E-state index contributed by atoms with van der Waals surface area (Å²) in [5.74, 6) is 1.60. The summed E-state index contributed by atoms with van der Waals surface area (Å²) >= 11 is 5.76. The Bertz CT molecular complexity index is 891. The van der Waals surface area contributed by atoms with Gasteiger partial charge in [0.25, 0.3) is 0 Å². The van der Waals surface area contributed by atoms with Gasteiger partial charge in [0.1, 0.15) is 0 Å². The Morgan fingerprint density at radius 2 is 1.78 bits per heavy atom. The van der Waals surface area contributed by atoms with Crippen LogP contribution in [0.3, 0.4) is 0 Å². The Balaban J connectivity index is 1.32. The predicted octanol–water partition coefficient (Wildman–Crippen LogP) is 2.32. The SMILES string of the molecule is O=C(C1CC1)N1CCN(Cn2nc(-c3ccncc3)n(C3CC3)c2=S)CC1. The minimum atomic E-state index is 0.308. The average molecular weight is 385 g/mol. The molecule has 0 unspecified atom stereocenters. The van der Waals surface area contributed by atoms with Crippen molar-refractivity contribution in [1.82, 2.24) is 29.1 Å². The fourth-order valence-corrected chi connectivity index (χ4v) is 4.09. The molecule has 8 heteroatoms. The van der Waals surface area contributed by atoms with Crippen LogP contribution in [-0.2, 0) is 11.5 Å². The van der Waals surface area contributed by atoms with Crippen LogP contribution in [0.25, 0.3) is 11.4 Å². The minimum absolute atomic E-state index is 0.308. The zero-order valence-corrected chi connectivity index (χ0v) is 16.1. The number of piperazine rings is 1. The fraction of sp³-hybridized carbons (Fsp3) is 0.579. The zero-order chi connectivity index (χ0) is 18.4. The Morgan fingerprint density at radius 3 is 2.41 bits per heavy atom. The highest BCUT2D eigenvalue weighted by atomic mass is 32.1. The maximum atomic E-state index is 12.2. The van der Waals surface area contributed by atoms with Crippen LogP contribution in [0.4, 0.5) is 0 Å². The Hall–Kier alpha value is -2.06. The molecule has 0 bridgehead atoms. The molecule has 5 rings (SSSR count). The van der Waals surface area contributed by atoms with E-state index in [1.165, 1.54) is 12.8 Å². The molecular formula is C19H24N6OS. The standard InChI is InChI=1S/C19H24N6OS/c26-18(15-1-2-15)23-11-9-22(10-12-23)13-24-19(27)25(16-3-4-16)17(21-24)14-5-7-20-8-6-14/h5-8,15-16H,1-4,9-13H2. The van der Waals surface area contributed by atoms with E-state index in [2.05, 4.69) is 14.5 Å². The molecular weight excluding hydrogens is 360 g/mol. The third kappa shape index (κ3) is 3.43. The second-order valence-electron chi connectivity index (χ2n) is 7.80. The lowest BCUT2D eigenvalue weighted by atomic mass is 10.2. The van der Waals surface area contributed by atoms with Crippen molar-refractivity contribution in [3.05, 3.63) is 29.3 Å². The molecule has 1 amide bonds. The molecule has 7 nitrogen and oxygen atoms in total. The molecule has 3 heterocycles. The van der Waals surface area contributed by atoms with Crippen LogP contribution >= 0.6 is 12.2 Å². The summed E-state index contributed by atoms with van der Waals surface area (Å²) in [4.78, 5) is 20.7. The fourth-order valence-electron chi connectivity index (χ4n) is 3.76. The first-order valence-electron chi connectivity index (χ1n) is 9.81. The number of carbonyl (C=O) groups excluding carboxylic acids is 1. The lowest BCUT2D eigenvalue weighted by Gasteiger charge is -2.34. The van der Waals surface area contributed by atoms with E-state index in [1.807, 2.05) is 21.7 Å². The number of hydrogen-bond donors (Lipinski definition) is 0. The van der Waals surface area contributed by atoms with Crippen molar-refractivity contribution >= 4 is 18.1 Å². The monoisotopic (exact) mass is 384 g/mol. The smallest absolute Gasteiger partial charge is 0.225 e. The second-order valence-corrected chi connectivity index (χ2v) is 8.17. The number of aromatic nitrogens is 4. The van der Waals surface area contributed by atoms with Crippen molar-refractivity contribution in [3.8, 4) is 11.4 Å². The third-order valence-electron chi connectivity index (χ3n) is 5.67. The molecule has 0 N–H and O–H groups in total. The van der Waals surface area contributed by atoms with E-state index in [4.69, 9.17) is 17.3 Å². The second kappa shape index (κ2) is 6.83. The van der Waals surface area contributed by atoms with Crippen molar-refractivity contribution in [2.24, 2.45) is 5.92 Å². The number of carbonyl (C=O) groups is 1. The highest BCUT2D eigenvalue weighted by Gasteiger charge is 2.35. The molecule has 27 heavy (non-hydrogen) atoms. The van der Waals surface area contributed by atoms with Gasteiger partial charge in [-0.2, -0.15) is 5.10 Å². The number of amides is 1. The molecule has 3 fully saturated rings. The van der Waals surface area contributed by atoms with Gasteiger partial charge >= 0.3 is 0 Å². The lowest BCUT2D eigenvalue weighted by Crippen LogP contribution is -2.49. The Kier molecular flexibility index (Phi) is 4.32. The molecule has 0 radical (unpaired) electrons. The van der Waals surface area contributed by atoms with Crippen molar-refractivity contribution < 1.29 is 4.79 Å². The van der Waals surface area contributed by atoms with Gasteiger partial charge in [-0.05, 0) is 50.0 Å². The van der Waals surface area contributed by atoms with E-state index in [-0.39, 0.29) is 0 Å². The van der Waals surface area contributed by atoms with Crippen LogP contribution in [0.1, 0.15) is 31.7 Å². The van der Waals surface area contributed by atoms with Crippen LogP contribution < -0.4 is 0 Å². The topological polar surface area (TPSA) is 59.2 Å². The molecule has 2 saturated carbocycles. The Morgan fingerprint density at radius 1 is 1.07 bits per heavy atom. The largest absolute Gasteiger partial charge is 0.340 e. The molecule has 1 saturated heterocycles. The van der Waals surface area contributed by atoms with Gasteiger partial charge in [0.05, 0.1) is 6.67 Å². The third-order valence-corrected chi connectivity index (χ3v) is 6.07.